The molecule has 2 heterocycles. The lowest BCUT2D eigenvalue weighted by molar-refractivity contribution is -0.169. The van der Waals surface area contributed by atoms with E-state index in [2.05, 4.69) is 4.90 Å². The molecule has 0 aromatic heterocycles. The molecule has 0 radical (unpaired) electrons. The van der Waals surface area contributed by atoms with Gasteiger partial charge in [-0.1, -0.05) is 11.6 Å². The van der Waals surface area contributed by atoms with Crippen LogP contribution >= 0.6 is 11.6 Å². The highest BCUT2D eigenvalue weighted by Crippen LogP contribution is 2.37. The molecule has 1 aromatic rings. The average Bonchev–Trinajstić information content (AvgIpc) is 2.88. The van der Waals surface area contributed by atoms with Gasteiger partial charge >= 0.3 is 0 Å². The molecule has 0 aliphatic carbocycles. The largest absolute Gasteiger partial charge is 0.495 e. The zero-order valence-corrected chi connectivity index (χ0v) is 11.8. The van der Waals surface area contributed by atoms with Gasteiger partial charge in [0.05, 0.1) is 26.0 Å². The Labute approximate surface area is 118 Å². The summed E-state index contributed by atoms with van der Waals surface area (Å²) < 4.78 is 16.9. The molecule has 0 atom stereocenters. The Morgan fingerprint density at radius 1 is 1.21 bits per heavy atom. The van der Waals surface area contributed by atoms with Gasteiger partial charge in [-0.25, -0.2) is 0 Å². The van der Waals surface area contributed by atoms with Crippen LogP contribution in [0.2, 0.25) is 5.02 Å². The van der Waals surface area contributed by atoms with Crippen molar-refractivity contribution in [2.75, 3.05) is 38.3 Å². The zero-order valence-electron chi connectivity index (χ0n) is 11.0. The minimum absolute atomic E-state index is 0.337. The normalized spacial score (nSPS) is 21.9. The van der Waals surface area contributed by atoms with E-state index in [0.717, 1.165) is 37.4 Å². The molecule has 19 heavy (non-hydrogen) atoms. The summed E-state index contributed by atoms with van der Waals surface area (Å²) in [6.45, 7) is 3.23. The van der Waals surface area contributed by atoms with Crippen molar-refractivity contribution in [1.29, 1.82) is 0 Å². The van der Waals surface area contributed by atoms with E-state index in [9.17, 15) is 0 Å². The van der Waals surface area contributed by atoms with Crippen LogP contribution < -0.4 is 9.64 Å². The predicted molar refractivity (Wildman–Crippen MR) is 74.1 cm³/mol. The summed E-state index contributed by atoms with van der Waals surface area (Å²) in [6, 6.07) is 5.76. The fourth-order valence-corrected chi connectivity index (χ4v) is 2.95. The lowest BCUT2D eigenvalue weighted by Crippen LogP contribution is -2.45. The van der Waals surface area contributed by atoms with Crippen LogP contribution in [0.4, 0.5) is 5.69 Å². The van der Waals surface area contributed by atoms with Gasteiger partial charge in [0, 0.05) is 37.0 Å². The van der Waals surface area contributed by atoms with Crippen molar-refractivity contribution in [3.8, 4) is 5.75 Å². The summed E-state index contributed by atoms with van der Waals surface area (Å²) in [5, 5.41) is 0.691. The standard InChI is InChI=1S/C14H18ClNO3/c1-17-13-10-11(15)2-3-12(13)16-6-4-14(5-7-16)18-8-9-19-14/h2-3,10H,4-9H2,1H3. The van der Waals surface area contributed by atoms with Gasteiger partial charge in [-0.15, -0.1) is 0 Å². The lowest BCUT2D eigenvalue weighted by Gasteiger charge is -2.39. The van der Waals surface area contributed by atoms with Gasteiger partial charge in [0.1, 0.15) is 5.75 Å². The van der Waals surface area contributed by atoms with Gasteiger partial charge in [0.25, 0.3) is 0 Å². The molecule has 2 aliphatic heterocycles. The molecule has 0 bridgehead atoms. The second kappa shape index (κ2) is 5.19. The molecule has 1 aromatic carbocycles. The second-order valence-electron chi connectivity index (χ2n) is 4.91. The van der Waals surface area contributed by atoms with Crippen molar-refractivity contribution in [2.24, 2.45) is 0 Å². The van der Waals surface area contributed by atoms with Crippen molar-refractivity contribution in [3.63, 3.8) is 0 Å². The first-order valence-electron chi connectivity index (χ1n) is 6.59. The van der Waals surface area contributed by atoms with Crippen LogP contribution in [0, 0.1) is 0 Å². The molecule has 4 nitrogen and oxygen atoms in total. The third-order valence-electron chi connectivity index (χ3n) is 3.82. The summed E-state index contributed by atoms with van der Waals surface area (Å²) in [7, 11) is 1.67. The maximum Gasteiger partial charge on any atom is 0.171 e. The molecule has 0 unspecified atom stereocenters. The Bertz CT molecular complexity index is 450. The molecule has 1 spiro atoms. The highest BCUT2D eigenvalue weighted by molar-refractivity contribution is 6.30. The first kappa shape index (κ1) is 13.0. The summed E-state index contributed by atoms with van der Waals surface area (Å²) >= 11 is 5.99. The van der Waals surface area contributed by atoms with E-state index in [4.69, 9.17) is 25.8 Å². The number of halogens is 1. The molecule has 2 saturated heterocycles. The number of anilines is 1. The van der Waals surface area contributed by atoms with E-state index in [1.165, 1.54) is 0 Å². The van der Waals surface area contributed by atoms with Gasteiger partial charge in [-0.3, -0.25) is 0 Å². The number of ether oxygens (including phenoxy) is 3. The van der Waals surface area contributed by atoms with Crippen LogP contribution in [0.15, 0.2) is 18.2 Å². The minimum atomic E-state index is -0.337. The number of hydrogen-bond acceptors (Lipinski definition) is 4. The molecule has 0 amide bonds. The number of benzene rings is 1. The van der Waals surface area contributed by atoms with Crippen LogP contribution in [-0.4, -0.2) is 39.2 Å². The molecular formula is C14H18ClNO3. The van der Waals surface area contributed by atoms with Crippen LogP contribution in [0.5, 0.6) is 5.75 Å². The fraction of sp³-hybridized carbons (Fsp3) is 0.571. The molecule has 0 saturated carbocycles. The quantitative estimate of drug-likeness (QED) is 0.835. The third-order valence-corrected chi connectivity index (χ3v) is 4.06. The predicted octanol–water partition coefficient (Wildman–Crippen LogP) is 2.69. The monoisotopic (exact) mass is 283 g/mol. The van der Waals surface area contributed by atoms with E-state index in [0.29, 0.717) is 18.2 Å². The maximum atomic E-state index is 5.99. The van der Waals surface area contributed by atoms with E-state index < -0.39 is 0 Å². The Kier molecular flexibility index (Phi) is 3.56. The second-order valence-corrected chi connectivity index (χ2v) is 5.35. The lowest BCUT2D eigenvalue weighted by atomic mass is 10.0. The molecule has 0 N–H and O–H groups in total. The molecular weight excluding hydrogens is 266 g/mol. The highest BCUT2D eigenvalue weighted by Gasteiger charge is 2.40. The van der Waals surface area contributed by atoms with Crippen LogP contribution in [0.3, 0.4) is 0 Å². The van der Waals surface area contributed by atoms with Crippen LogP contribution in [0.1, 0.15) is 12.8 Å². The number of piperidine rings is 1. The number of rotatable bonds is 2. The van der Waals surface area contributed by atoms with E-state index in [1.807, 2.05) is 18.2 Å². The average molecular weight is 284 g/mol. The summed E-state index contributed by atoms with van der Waals surface area (Å²) in [6.07, 6.45) is 1.78. The van der Waals surface area contributed by atoms with E-state index in [1.54, 1.807) is 7.11 Å². The molecule has 104 valence electrons. The first-order valence-corrected chi connectivity index (χ1v) is 6.97. The molecule has 3 rings (SSSR count). The fourth-order valence-electron chi connectivity index (χ4n) is 2.79. The molecule has 2 fully saturated rings. The zero-order chi connectivity index (χ0) is 13.3. The van der Waals surface area contributed by atoms with Crippen molar-refractivity contribution in [3.05, 3.63) is 23.2 Å². The number of hydrogen-bond donors (Lipinski definition) is 0. The van der Waals surface area contributed by atoms with Crippen LogP contribution in [0.25, 0.3) is 0 Å². The van der Waals surface area contributed by atoms with Gasteiger partial charge in [0.2, 0.25) is 0 Å². The molecule has 5 heteroatoms. The van der Waals surface area contributed by atoms with Crippen molar-refractivity contribution < 1.29 is 14.2 Å². The SMILES string of the molecule is COc1cc(Cl)ccc1N1CCC2(CC1)OCCO2. The van der Waals surface area contributed by atoms with Gasteiger partial charge < -0.3 is 19.1 Å². The Morgan fingerprint density at radius 3 is 2.53 bits per heavy atom. The Hall–Kier alpha value is -0.970. The highest BCUT2D eigenvalue weighted by atomic mass is 35.5. The van der Waals surface area contributed by atoms with Crippen LogP contribution in [-0.2, 0) is 9.47 Å². The molecule has 2 aliphatic rings. The number of methoxy groups -OCH3 is 1. The Morgan fingerprint density at radius 2 is 1.89 bits per heavy atom. The minimum Gasteiger partial charge on any atom is -0.495 e. The summed E-state index contributed by atoms with van der Waals surface area (Å²) in [5.74, 6) is 0.479. The number of nitrogens with zero attached hydrogens (tertiary/aromatic N) is 1. The van der Waals surface area contributed by atoms with Gasteiger partial charge in [-0.2, -0.15) is 0 Å². The smallest absolute Gasteiger partial charge is 0.171 e. The summed E-state index contributed by atoms with van der Waals surface area (Å²) in [5.41, 5.74) is 1.08. The summed E-state index contributed by atoms with van der Waals surface area (Å²) in [4.78, 5) is 2.30. The van der Waals surface area contributed by atoms with E-state index in [-0.39, 0.29) is 5.79 Å². The van der Waals surface area contributed by atoms with Gasteiger partial charge in [0.15, 0.2) is 5.79 Å². The van der Waals surface area contributed by atoms with Crippen molar-refractivity contribution in [1.82, 2.24) is 0 Å². The van der Waals surface area contributed by atoms with Crippen molar-refractivity contribution >= 4 is 17.3 Å². The Balaban J connectivity index is 1.74. The van der Waals surface area contributed by atoms with Gasteiger partial charge in [-0.05, 0) is 12.1 Å². The van der Waals surface area contributed by atoms with E-state index >= 15 is 0 Å². The first-order chi connectivity index (χ1) is 9.22. The maximum absolute atomic E-state index is 5.99. The van der Waals surface area contributed by atoms with Crippen molar-refractivity contribution in [2.45, 2.75) is 18.6 Å². The topological polar surface area (TPSA) is 30.9 Å². The third kappa shape index (κ3) is 2.53.